The number of rotatable bonds is 2. The maximum Gasteiger partial charge on any atom is 0.236 e. The van der Waals surface area contributed by atoms with E-state index in [1.165, 1.54) is 0 Å². The quantitative estimate of drug-likeness (QED) is 0.632. The molecule has 0 unspecified atom stereocenters. The Morgan fingerprint density at radius 2 is 2.12 bits per heavy atom. The standard InChI is InChI=1S/C10H19N3O3S/c1-12(2)10(14)5-13-4-3-11-8-6-17(15,16)7-9(8)13/h8-9,11H,3-7H2,1-2H3/t8-,9-/m1/s1. The molecule has 0 bridgehead atoms. The van der Waals surface area contributed by atoms with Crippen LogP contribution in [0.4, 0.5) is 0 Å². The zero-order valence-electron chi connectivity index (χ0n) is 10.2. The minimum absolute atomic E-state index is 0.0105. The molecule has 1 amide bonds. The molecule has 0 aromatic rings. The average Bonchev–Trinajstić information content (AvgIpc) is 2.53. The molecule has 0 aromatic carbocycles. The molecule has 2 atom stereocenters. The van der Waals surface area contributed by atoms with Gasteiger partial charge in [0.05, 0.1) is 18.1 Å². The summed E-state index contributed by atoms with van der Waals surface area (Å²) >= 11 is 0. The van der Waals surface area contributed by atoms with Crippen LogP contribution in [0.3, 0.4) is 0 Å². The molecule has 98 valence electrons. The molecule has 0 radical (unpaired) electrons. The van der Waals surface area contributed by atoms with Gasteiger partial charge in [-0.3, -0.25) is 9.69 Å². The molecule has 2 fully saturated rings. The normalized spacial score (nSPS) is 32.1. The fraction of sp³-hybridized carbons (Fsp3) is 0.900. The minimum Gasteiger partial charge on any atom is -0.348 e. The van der Waals surface area contributed by atoms with Crippen molar-refractivity contribution >= 4 is 15.7 Å². The van der Waals surface area contributed by atoms with Crippen molar-refractivity contribution in [2.75, 3.05) is 45.2 Å². The number of piperazine rings is 1. The third-order valence-corrected chi connectivity index (χ3v) is 5.15. The summed E-state index contributed by atoms with van der Waals surface area (Å²) in [6.45, 7) is 1.79. The van der Waals surface area contributed by atoms with Crippen LogP contribution in [0.2, 0.25) is 0 Å². The van der Waals surface area contributed by atoms with E-state index in [1.54, 1.807) is 19.0 Å². The summed E-state index contributed by atoms with van der Waals surface area (Å²) in [4.78, 5) is 15.2. The monoisotopic (exact) mass is 261 g/mol. The lowest BCUT2D eigenvalue weighted by atomic mass is 10.1. The summed E-state index contributed by atoms with van der Waals surface area (Å²) in [5.74, 6) is 0.394. The first-order valence-corrected chi connectivity index (χ1v) is 7.59. The molecule has 1 N–H and O–H groups in total. The van der Waals surface area contributed by atoms with Gasteiger partial charge in [-0.05, 0) is 0 Å². The van der Waals surface area contributed by atoms with Crippen LogP contribution < -0.4 is 5.32 Å². The van der Waals surface area contributed by atoms with Crippen LogP contribution in [0.25, 0.3) is 0 Å². The summed E-state index contributed by atoms with van der Waals surface area (Å²) in [6.07, 6.45) is 0. The molecule has 0 spiro atoms. The van der Waals surface area contributed by atoms with Crippen molar-refractivity contribution in [3.05, 3.63) is 0 Å². The van der Waals surface area contributed by atoms with Gasteiger partial charge in [-0.1, -0.05) is 0 Å². The molecule has 0 aliphatic carbocycles. The highest BCUT2D eigenvalue weighted by Gasteiger charge is 2.43. The predicted octanol–water partition coefficient (Wildman–Crippen LogP) is -1.85. The Morgan fingerprint density at radius 3 is 2.76 bits per heavy atom. The Hall–Kier alpha value is -0.660. The number of nitrogens with zero attached hydrogens (tertiary/aromatic N) is 2. The molecule has 7 heteroatoms. The van der Waals surface area contributed by atoms with Gasteiger partial charge in [0.25, 0.3) is 0 Å². The van der Waals surface area contributed by atoms with Crippen molar-refractivity contribution < 1.29 is 13.2 Å². The zero-order valence-corrected chi connectivity index (χ0v) is 11.0. The van der Waals surface area contributed by atoms with Gasteiger partial charge in [-0.2, -0.15) is 0 Å². The highest BCUT2D eigenvalue weighted by atomic mass is 32.2. The Morgan fingerprint density at radius 1 is 1.41 bits per heavy atom. The van der Waals surface area contributed by atoms with Crippen LogP contribution in [-0.4, -0.2) is 81.4 Å². The maximum atomic E-state index is 11.7. The maximum absolute atomic E-state index is 11.7. The van der Waals surface area contributed by atoms with Crippen molar-refractivity contribution in [2.24, 2.45) is 0 Å². The minimum atomic E-state index is -2.95. The van der Waals surface area contributed by atoms with Crippen molar-refractivity contribution in [3.8, 4) is 0 Å². The van der Waals surface area contributed by atoms with Crippen LogP contribution in [0.5, 0.6) is 0 Å². The molecular weight excluding hydrogens is 242 g/mol. The van der Waals surface area contributed by atoms with Gasteiger partial charge in [-0.15, -0.1) is 0 Å². The lowest BCUT2D eigenvalue weighted by molar-refractivity contribution is -0.130. The molecule has 2 rings (SSSR count). The van der Waals surface area contributed by atoms with Crippen LogP contribution in [0.15, 0.2) is 0 Å². The molecule has 2 aliphatic heterocycles. The van der Waals surface area contributed by atoms with E-state index in [2.05, 4.69) is 5.32 Å². The smallest absolute Gasteiger partial charge is 0.236 e. The number of amides is 1. The van der Waals surface area contributed by atoms with Crippen molar-refractivity contribution in [2.45, 2.75) is 12.1 Å². The van der Waals surface area contributed by atoms with E-state index in [9.17, 15) is 13.2 Å². The number of sulfone groups is 1. The molecule has 0 saturated carbocycles. The molecule has 2 aliphatic rings. The van der Waals surface area contributed by atoms with Gasteiger partial charge in [0.2, 0.25) is 5.91 Å². The molecule has 17 heavy (non-hydrogen) atoms. The van der Waals surface area contributed by atoms with Crippen molar-refractivity contribution in [1.82, 2.24) is 15.1 Å². The summed E-state index contributed by atoms with van der Waals surface area (Å²) in [6, 6.07) is -0.0543. The van der Waals surface area contributed by atoms with E-state index in [4.69, 9.17) is 0 Å². The second-order valence-corrected chi connectivity index (χ2v) is 7.12. The van der Waals surface area contributed by atoms with E-state index >= 15 is 0 Å². The van der Waals surface area contributed by atoms with E-state index in [1.807, 2.05) is 4.90 Å². The Bertz CT molecular complexity index is 407. The largest absolute Gasteiger partial charge is 0.348 e. The Kier molecular flexibility index (Phi) is 3.42. The zero-order chi connectivity index (χ0) is 12.6. The number of carbonyl (C=O) groups is 1. The first-order chi connectivity index (χ1) is 7.89. The van der Waals surface area contributed by atoms with Crippen LogP contribution in [0.1, 0.15) is 0 Å². The van der Waals surface area contributed by atoms with E-state index in [0.29, 0.717) is 6.54 Å². The van der Waals surface area contributed by atoms with E-state index in [0.717, 1.165) is 13.1 Å². The van der Waals surface area contributed by atoms with E-state index < -0.39 is 9.84 Å². The number of nitrogens with one attached hydrogen (secondary N) is 1. The highest BCUT2D eigenvalue weighted by molar-refractivity contribution is 7.91. The Labute approximate surface area is 102 Å². The van der Waals surface area contributed by atoms with Crippen LogP contribution in [0, 0.1) is 0 Å². The summed E-state index contributed by atoms with van der Waals surface area (Å²) in [7, 11) is 0.484. The molecule has 2 heterocycles. The number of carbonyl (C=O) groups excluding carboxylic acids is 1. The number of fused-ring (bicyclic) bond motifs is 1. The third kappa shape index (κ3) is 2.78. The van der Waals surface area contributed by atoms with Gasteiger partial charge in [0, 0.05) is 39.3 Å². The molecular formula is C10H19N3O3S. The Balaban J connectivity index is 2.06. The highest BCUT2D eigenvalue weighted by Crippen LogP contribution is 2.20. The van der Waals surface area contributed by atoms with Gasteiger partial charge >= 0.3 is 0 Å². The van der Waals surface area contributed by atoms with Crippen LogP contribution in [-0.2, 0) is 14.6 Å². The van der Waals surface area contributed by atoms with Crippen molar-refractivity contribution in [3.63, 3.8) is 0 Å². The second-order valence-electron chi connectivity index (χ2n) is 4.96. The van der Waals surface area contributed by atoms with Gasteiger partial charge in [-0.25, -0.2) is 8.42 Å². The molecule has 0 aromatic heterocycles. The van der Waals surface area contributed by atoms with E-state index in [-0.39, 0.29) is 29.5 Å². The summed E-state index contributed by atoms with van der Waals surface area (Å²) in [5, 5.41) is 3.22. The van der Waals surface area contributed by atoms with Gasteiger partial charge in [0.15, 0.2) is 9.84 Å². The van der Waals surface area contributed by atoms with Crippen molar-refractivity contribution in [1.29, 1.82) is 0 Å². The third-order valence-electron chi connectivity index (χ3n) is 3.43. The average molecular weight is 261 g/mol. The fourth-order valence-corrected chi connectivity index (χ4v) is 4.44. The molecule has 6 nitrogen and oxygen atoms in total. The molecule has 2 saturated heterocycles. The van der Waals surface area contributed by atoms with Gasteiger partial charge in [0.1, 0.15) is 0 Å². The number of likely N-dealkylation sites (N-methyl/N-ethyl adjacent to an activating group) is 1. The second kappa shape index (κ2) is 4.55. The fourth-order valence-electron chi connectivity index (χ4n) is 2.45. The topological polar surface area (TPSA) is 69.7 Å². The lowest BCUT2D eigenvalue weighted by Gasteiger charge is -2.37. The summed E-state index contributed by atoms with van der Waals surface area (Å²) < 4.78 is 23.2. The number of hydrogen-bond acceptors (Lipinski definition) is 5. The van der Waals surface area contributed by atoms with Gasteiger partial charge < -0.3 is 10.2 Å². The number of hydrogen-bond donors (Lipinski definition) is 1. The SMILES string of the molecule is CN(C)C(=O)CN1CCN[C@@H]2CS(=O)(=O)C[C@H]21. The summed E-state index contributed by atoms with van der Waals surface area (Å²) in [5.41, 5.74) is 0. The van der Waals surface area contributed by atoms with Crippen LogP contribution >= 0.6 is 0 Å². The lowest BCUT2D eigenvalue weighted by Crippen LogP contribution is -2.59. The first kappa shape index (κ1) is 12.8. The first-order valence-electron chi connectivity index (χ1n) is 5.77. The predicted molar refractivity (Wildman–Crippen MR) is 64.5 cm³/mol.